The highest BCUT2D eigenvalue weighted by Gasteiger charge is 2.08. The summed E-state index contributed by atoms with van der Waals surface area (Å²) in [7, 11) is 0. The van der Waals surface area contributed by atoms with E-state index < -0.39 is 0 Å². The first-order valence-corrected chi connectivity index (χ1v) is 10.0. The van der Waals surface area contributed by atoms with Crippen molar-refractivity contribution in [1.29, 1.82) is 0 Å². The highest BCUT2D eigenvalue weighted by Crippen LogP contribution is 2.26. The van der Waals surface area contributed by atoms with E-state index in [2.05, 4.69) is 10.3 Å². The van der Waals surface area contributed by atoms with Gasteiger partial charge >= 0.3 is 0 Å². The Morgan fingerprint density at radius 2 is 1.82 bits per heavy atom. The fraction of sp³-hybridized carbons (Fsp3) is 0.190. The van der Waals surface area contributed by atoms with Crippen LogP contribution in [0.5, 0.6) is 5.75 Å². The maximum atomic E-state index is 12.1. The van der Waals surface area contributed by atoms with Crippen molar-refractivity contribution in [2.75, 3.05) is 11.9 Å². The number of ketones is 1. The summed E-state index contributed by atoms with van der Waals surface area (Å²) in [5.41, 5.74) is 2.40. The fourth-order valence-corrected chi connectivity index (χ4v) is 3.34. The first-order chi connectivity index (χ1) is 13.5. The Hall–Kier alpha value is -2.70. The lowest BCUT2D eigenvalue weighted by Gasteiger charge is -2.06. The van der Waals surface area contributed by atoms with Crippen LogP contribution in [0.4, 0.5) is 5.13 Å². The molecule has 0 aliphatic heterocycles. The van der Waals surface area contributed by atoms with Gasteiger partial charge in [0.15, 0.2) is 10.9 Å². The number of nitrogens with zero attached hydrogens (tertiary/aromatic N) is 1. The van der Waals surface area contributed by atoms with E-state index in [9.17, 15) is 9.59 Å². The molecule has 2 aromatic carbocycles. The maximum Gasteiger partial charge on any atom is 0.226 e. The van der Waals surface area contributed by atoms with Crippen molar-refractivity contribution in [2.24, 2.45) is 0 Å². The Morgan fingerprint density at radius 1 is 1.11 bits per heavy atom. The molecule has 0 bridgehead atoms. The zero-order valence-corrected chi connectivity index (χ0v) is 16.8. The lowest BCUT2D eigenvalue weighted by atomic mass is 10.1. The number of carbonyl (C=O) groups is 2. The van der Waals surface area contributed by atoms with E-state index in [0.29, 0.717) is 40.9 Å². The number of thiazole rings is 1. The van der Waals surface area contributed by atoms with Gasteiger partial charge in [0.05, 0.1) is 12.3 Å². The quantitative estimate of drug-likeness (QED) is 0.392. The molecule has 7 heteroatoms. The van der Waals surface area contributed by atoms with Gasteiger partial charge in [-0.05, 0) is 49.7 Å². The number of hydrogen-bond donors (Lipinski definition) is 1. The van der Waals surface area contributed by atoms with E-state index in [1.54, 1.807) is 24.3 Å². The molecule has 5 nitrogen and oxygen atoms in total. The van der Waals surface area contributed by atoms with Crippen molar-refractivity contribution >= 4 is 39.8 Å². The summed E-state index contributed by atoms with van der Waals surface area (Å²) in [4.78, 5) is 27.8. The van der Waals surface area contributed by atoms with E-state index >= 15 is 0 Å². The molecule has 144 valence electrons. The van der Waals surface area contributed by atoms with Gasteiger partial charge in [-0.2, -0.15) is 0 Å². The van der Waals surface area contributed by atoms with Gasteiger partial charge < -0.3 is 10.1 Å². The summed E-state index contributed by atoms with van der Waals surface area (Å²) >= 11 is 7.28. The smallest absolute Gasteiger partial charge is 0.226 e. The average Bonchev–Trinajstić information content (AvgIpc) is 3.14. The van der Waals surface area contributed by atoms with Gasteiger partial charge in [-0.3, -0.25) is 9.59 Å². The van der Waals surface area contributed by atoms with Crippen molar-refractivity contribution < 1.29 is 14.3 Å². The monoisotopic (exact) mass is 414 g/mol. The van der Waals surface area contributed by atoms with E-state index in [0.717, 1.165) is 11.3 Å². The van der Waals surface area contributed by atoms with Crippen molar-refractivity contribution in [2.45, 2.75) is 19.8 Å². The van der Waals surface area contributed by atoms with Gasteiger partial charge in [0, 0.05) is 28.0 Å². The molecule has 1 N–H and O–H groups in total. The third kappa shape index (κ3) is 5.65. The molecule has 0 radical (unpaired) electrons. The Kier molecular flexibility index (Phi) is 6.79. The number of amides is 1. The SMILES string of the molecule is CC(=O)c1ccc(OCCCC(=O)Nc2nc(-c3ccc(Cl)cc3)cs2)cc1. The topological polar surface area (TPSA) is 68.3 Å². The highest BCUT2D eigenvalue weighted by atomic mass is 35.5. The number of halogens is 1. The molecule has 0 aliphatic rings. The van der Waals surface area contributed by atoms with Crippen LogP contribution in [-0.2, 0) is 4.79 Å². The van der Waals surface area contributed by atoms with Gasteiger partial charge in [0.25, 0.3) is 0 Å². The lowest BCUT2D eigenvalue weighted by Crippen LogP contribution is -2.12. The molecule has 0 fully saturated rings. The number of Topliss-reactive ketones (excluding diaryl/α,β-unsaturated/α-hetero) is 1. The standard InChI is InChI=1S/C21H19ClN2O3S/c1-14(25)15-6-10-18(11-7-15)27-12-2-3-20(26)24-21-23-19(13-28-21)16-4-8-17(22)9-5-16/h4-11,13H,2-3,12H2,1H3,(H,23,24,26). The van der Waals surface area contributed by atoms with Crippen LogP contribution >= 0.6 is 22.9 Å². The van der Waals surface area contributed by atoms with E-state index in [1.165, 1.54) is 18.3 Å². The fourth-order valence-electron chi connectivity index (χ4n) is 2.47. The number of nitrogens with one attached hydrogen (secondary N) is 1. The van der Waals surface area contributed by atoms with Gasteiger partial charge in [0.2, 0.25) is 5.91 Å². The van der Waals surface area contributed by atoms with Gasteiger partial charge in [-0.1, -0.05) is 23.7 Å². The number of benzene rings is 2. The largest absolute Gasteiger partial charge is 0.494 e. The van der Waals surface area contributed by atoms with Crippen LogP contribution in [-0.4, -0.2) is 23.3 Å². The minimum atomic E-state index is -0.104. The molecule has 1 heterocycles. The zero-order valence-electron chi connectivity index (χ0n) is 15.3. The minimum Gasteiger partial charge on any atom is -0.494 e. The Labute approximate surface area is 172 Å². The van der Waals surface area contributed by atoms with E-state index in [4.69, 9.17) is 16.3 Å². The molecule has 3 aromatic rings. The summed E-state index contributed by atoms with van der Waals surface area (Å²) in [6.07, 6.45) is 0.914. The van der Waals surface area contributed by atoms with Crippen LogP contribution in [0.1, 0.15) is 30.1 Å². The predicted molar refractivity (Wildman–Crippen MR) is 112 cm³/mol. The second-order valence-corrected chi connectivity index (χ2v) is 7.42. The summed E-state index contributed by atoms with van der Waals surface area (Å²) in [5, 5.41) is 5.94. The van der Waals surface area contributed by atoms with Crippen molar-refractivity contribution in [1.82, 2.24) is 4.98 Å². The predicted octanol–water partition coefficient (Wildman–Crippen LogP) is 5.46. The molecule has 28 heavy (non-hydrogen) atoms. The van der Waals surface area contributed by atoms with Gasteiger partial charge in [-0.15, -0.1) is 11.3 Å². The van der Waals surface area contributed by atoms with Gasteiger partial charge in [0.1, 0.15) is 5.75 Å². The van der Waals surface area contributed by atoms with Crippen molar-refractivity contribution in [3.63, 3.8) is 0 Å². The Bertz CT molecular complexity index is 953. The second kappa shape index (κ2) is 9.48. The van der Waals surface area contributed by atoms with E-state index in [-0.39, 0.29) is 11.7 Å². The molecule has 3 rings (SSSR count). The van der Waals surface area contributed by atoms with E-state index in [1.807, 2.05) is 29.6 Å². The third-order valence-corrected chi connectivity index (χ3v) is 4.98. The lowest BCUT2D eigenvalue weighted by molar-refractivity contribution is -0.116. The van der Waals surface area contributed by atoms with Crippen molar-refractivity contribution in [3.05, 3.63) is 64.5 Å². The Balaban J connectivity index is 1.42. The first kappa shape index (κ1) is 20.0. The first-order valence-electron chi connectivity index (χ1n) is 8.76. The number of hydrogen-bond acceptors (Lipinski definition) is 5. The van der Waals surface area contributed by atoms with Crippen LogP contribution in [0.2, 0.25) is 5.02 Å². The minimum absolute atomic E-state index is 0.0182. The number of anilines is 1. The normalized spacial score (nSPS) is 10.5. The molecule has 0 atom stereocenters. The number of aromatic nitrogens is 1. The number of ether oxygens (including phenoxy) is 1. The molecule has 1 aromatic heterocycles. The summed E-state index contributed by atoms with van der Waals surface area (Å²) in [6, 6.07) is 14.4. The molecule has 0 aliphatic carbocycles. The molecular weight excluding hydrogens is 396 g/mol. The summed E-state index contributed by atoms with van der Waals surface area (Å²) in [6.45, 7) is 1.94. The van der Waals surface area contributed by atoms with Gasteiger partial charge in [-0.25, -0.2) is 4.98 Å². The maximum absolute atomic E-state index is 12.1. The zero-order chi connectivity index (χ0) is 19.9. The van der Waals surface area contributed by atoms with Crippen molar-refractivity contribution in [3.8, 4) is 17.0 Å². The number of carbonyl (C=O) groups excluding carboxylic acids is 2. The van der Waals surface area contributed by atoms with Crippen LogP contribution < -0.4 is 10.1 Å². The highest BCUT2D eigenvalue weighted by molar-refractivity contribution is 7.14. The van der Waals surface area contributed by atoms with Crippen LogP contribution in [0, 0.1) is 0 Å². The Morgan fingerprint density at radius 3 is 2.50 bits per heavy atom. The molecular formula is C21H19ClN2O3S. The molecule has 0 spiro atoms. The summed E-state index contributed by atoms with van der Waals surface area (Å²) in [5.74, 6) is 0.593. The second-order valence-electron chi connectivity index (χ2n) is 6.13. The summed E-state index contributed by atoms with van der Waals surface area (Å²) < 4.78 is 5.60. The number of rotatable bonds is 8. The molecule has 0 unspecified atom stereocenters. The molecule has 0 saturated carbocycles. The average molecular weight is 415 g/mol. The van der Waals surface area contributed by atoms with Crippen LogP contribution in [0.25, 0.3) is 11.3 Å². The third-order valence-electron chi connectivity index (χ3n) is 3.97. The molecule has 1 amide bonds. The molecule has 0 saturated heterocycles. The van der Waals surface area contributed by atoms with Crippen LogP contribution in [0.3, 0.4) is 0 Å². The van der Waals surface area contributed by atoms with Crippen LogP contribution in [0.15, 0.2) is 53.9 Å².